The molecule has 0 unspecified atom stereocenters. The summed E-state index contributed by atoms with van der Waals surface area (Å²) in [6.45, 7) is 3.79. The number of nitrogens with one attached hydrogen (secondary N) is 1. The van der Waals surface area contributed by atoms with Crippen molar-refractivity contribution in [3.63, 3.8) is 0 Å². The highest BCUT2D eigenvalue weighted by atomic mass is 32.2. The Morgan fingerprint density at radius 2 is 1.50 bits per heavy atom. The summed E-state index contributed by atoms with van der Waals surface area (Å²) in [5.41, 5.74) is 3.47. The summed E-state index contributed by atoms with van der Waals surface area (Å²) in [6, 6.07) is 12.5. The molecule has 1 N–H and O–H groups in total. The van der Waals surface area contributed by atoms with Crippen molar-refractivity contribution in [1.29, 1.82) is 0 Å². The summed E-state index contributed by atoms with van der Waals surface area (Å²) < 4.78 is 26.9. The van der Waals surface area contributed by atoms with Crippen molar-refractivity contribution in [2.45, 2.75) is 20.4 Å². The van der Waals surface area contributed by atoms with Crippen LogP contribution in [0.1, 0.15) is 37.4 Å². The van der Waals surface area contributed by atoms with Crippen molar-refractivity contribution in [3.8, 4) is 0 Å². The van der Waals surface area contributed by atoms with Crippen molar-refractivity contribution in [1.82, 2.24) is 9.62 Å². The maximum Gasteiger partial charge on any atom is 0.261 e. The van der Waals surface area contributed by atoms with Gasteiger partial charge in [0, 0.05) is 13.1 Å². The molecule has 2 aromatic rings. The lowest BCUT2D eigenvalue weighted by Gasteiger charge is -2.14. The van der Waals surface area contributed by atoms with E-state index in [1.54, 1.807) is 18.2 Å². The van der Waals surface area contributed by atoms with Crippen LogP contribution < -0.4 is 4.72 Å². The number of aryl methyl sites for hydroxylation is 2. The molecule has 7 heteroatoms. The van der Waals surface area contributed by atoms with Crippen LogP contribution in [0.3, 0.4) is 0 Å². The summed E-state index contributed by atoms with van der Waals surface area (Å²) >= 11 is 0. The molecule has 0 saturated carbocycles. The van der Waals surface area contributed by atoms with Crippen molar-refractivity contribution in [3.05, 3.63) is 70.3 Å². The molecule has 0 bridgehead atoms. The number of hydrogen-bond donors (Lipinski definition) is 1. The van der Waals surface area contributed by atoms with Gasteiger partial charge in [0.05, 0.1) is 16.9 Å². The van der Waals surface area contributed by atoms with Crippen LogP contribution in [0, 0.1) is 13.8 Å². The number of hydrogen-bond acceptors (Lipinski definition) is 4. The van der Waals surface area contributed by atoms with Crippen LogP contribution in [-0.4, -0.2) is 37.4 Å². The van der Waals surface area contributed by atoms with Gasteiger partial charge in [-0.15, -0.1) is 0 Å². The zero-order valence-electron chi connectivity index (χ0n) is 14.7. The van der Waals surface area contributed by atoms with E-state index in [4.69, 9.17) is 0 Å². The first-order valence-corrected chi connectivity index (χ1v) is 9.92. The standard InChI is InChI=1S/C19H20N2O4S/c1-13-3-6-15(7-4-13)12-20-26(24,25)10-9-21-18(22)16-8-5-14(2)11-17(16)19(21)23/h3-8,11,20H,9-10,12H2,1-2H3. The quantitative estimate of drug-likeness (QED) is 0.787. The monoisotopic (exact) mass is 372 g/mol. The van der Waals surface area contributed by atoms with E-state index in [2.05, 4.69) is 4.72 Å². The largest absolute Gasteiger partial charge is 0.273 e. The summed E-state index contributed by atoms with van der Waals surface area (Å²) in [7, 11) is -3.62. The van der Waals surface area contributed by atoms with E-state index in [0.717, 1.165) is 21.6 Å². The molecule has 136 valence electrons. The van der Waals surface area contributed by atoms with Crippen LogP contribution in [-0.2, 0) is 16.6 Å². The van der Waals surface area contributed by atoms with Crippen molar-refractivity contribution in [2.75, 3.05) is 12.3 Å². The first-order chi connectivity index (χ1) is 12.3. The van der Waals surface area contributed by atoms with Gasteiger partial charge in [-0.2, -0.15) is 0 Å². The lowest BCUT2D eigenvalue weighted by atomic mass is 10.1. The molecule has 6 nitrogen and oxygen atoms in total. The number of imide groups is 1. The van der Waals surface area contributed by atoms with Crippen molar-refractivity contribution in [2.24, 2.45) is 0 Å². The Hall–Kier alpha value is -2.51. The number of sulfonamides is 1. The van der Waals surface area contributed by atoms with E-state index in [0.29, 0.717) is 11.1 Å². The fourth-order valence-corrected chi connectivity index (χ4v) is 3.74. The first kappa shape index (κ1) is 18.3. The summed E-state index contributed by atoms with van der Waals surface area (Å²) in [5, 5.41) is 0. The maximum atomic E-state index is 12.4. The topological polar surface area (TPSA) is 83.6 Å². The highest BCUT2D eigenvalue weighted by Gasteiger charge is 2.35. The minimum Gasteiger partial charge on any atom is -0.273 e. The first-order valence-electron chi connectivity index (χ1n) is 8.26. The number of rotatable bonds is 6. The van der Waals surface area contributed by atoms with Gasteiger partial charge >= 0.3 is 0 Å². The van der Waals surface area contributed by atoms with Gasteiger partial charge in [0.1, 0.15) is 0 Å². The van der Waals surface area contributed by atoms with Crippen LogP contribution in [0.2, 0.25) is 0 Å². The summed E-state index contributed by atoms with van der Waals surface area (Å²) in [4.78, 5) is 25.7. The number of amides is 2. The fourth-order valence-electron chi connectivity index (χ4n) is 2.79. The number of nitrogens with zero attached hydrogens (tertiary/aromatic N) is 1. The van der Waals surface area contributed by atoms with E-state index in [9.17, 15) is 18.0 Å². The smallest absolute Gasteiger partial charge is 0.261 e. The molecule has 0 saturated heterocycles. The molecular formula is C19H20N2O4S. The third-order valence-electron chi connectivity index (χ3n) is 4.33. The van der Waals surface area contributed by atoms with Crippen molar-refractivity contribution < 1.29 is 18.0 Å². The fraction of sp³-hybridized carbons (Fsp3) is 0.263. The van der Waals surface area contributed by atoms with Crippen molar-refractivity contribution >= 4 is 21.8 Å². The van der Waals surface area contributed by atoms with Crippen LogP contribution in [0.4, 0.5) is 0 Å². The van der Waals surface area contributed by atoms with Gasteiger partial charge in [0.25, 0.3) is 11.8 Å². The van der Waals surface area contributed by atoms with Crippen LogP contribution in [0.25, 0.3) is 0 Å². The van der Waals surface area contributed by atoms with E-state index < -0.39 is 21.8 Å². The Morgan fingerprint density at radius 3 is 2.19 bits per heavy atom. The molecule has 3 rings (SSSR count). The molecule has 0 radical (unpaired) electrons. The van der Waals surface area contributed by atoms with Gasteiger partial charge < -0.3 is 0 Å². The number of fused-ring (bicyclic) bond motifs is 1. The van der Waals surface area contributed by atoms with Gasteiger partial charge in [-0.3, -0.25) is 14.5 Å². The number of carbonyl (C=O) groups is 2. The SMILES string of the molecule is Cc1ccc(CNS(=O)(=O)CCN2C(=O)c3ccc(C)cc3C2=O)cc1. The lowest BCUT2D eigenvalue weighted by molar-refractivity contribution is 0.0664. The Bertz CT molecular complexity index is 966. The van der Waals surface area contributed by atoms with Gasteiger partial charge in [0.15, 0.2) is 0 Å². The maximum absolute atomic E-state index is 12.4. The van der Waals surface area contributed by atoms with E-state index in [1.807, 2.05) is 38.1 Å². The van der Waals surface area contributed by atoms with Crippen LogP contribution >= 0.6 is 0 Å². The number of carbonyl (C=O) groups excluding carboxylic acids is 2. The molecule has 1 heterocycles. The minimum atomic E-state index is -3.62. The Balaban J connectivity index is 1.62. The minimum absolute atomic E-state index is 0.171. The average Bonchev–Trinajstić information content (AvgIpc) is 2.83. The molecule has 2 amide bonds. The van der Waals surface area contributed by atoms with E-state index in [1.165, 1.54) is 0 Å². The Kier molecular flexibility index (Phi) is 4.93. The average molecular weight is 372 g/mol. The molecule has 26 heavy (non-hydrogen) atoms. The Labute approximate surface area is 152 Å². The van der Waals surface area contributed by atoms with Gasteiger partial charge in [-0.25, -0.2) is 13.1 Å². The number of benzene rings is 2. The molecule has 0 fully saturated rings. The molecule has 2 aromatic carbocycles. The summed E-state index contributed by atoms with van der Waals surface area (Å²) in [6.07, 6.45) is 0. The lowest BCUT2D eigenvalue weighted by Crippen LogP contribution is -2.37. The molecule has 0 atom stereocenters. The third kappa shape index (κ3) is 3.84. The van der Waals surface area contributed by atoms with E-state index in [-0.39, 0.29) is 18.8 Å². The highest BCUT2D eigenvalue weighted by Crippen LogP contribution is 2.23. The Morgan fingerprint density at radius 1 is 0.885 bits per heavy atom. The molecule has 0 aliphatic carbocycles. The van der Waals surface area contributed by atoms with Crippen LogP contribution in [0.5, 0.6) is 0 Å². The molecule has 1 aliphatic heterocycles. The summed E-state index contributed by atoms with van der Waals surface area (Å²) in [5.74, 6) is -1.22. The zero-order valence-corrected chi connectivity index (χ0v) is 15.5. The zero-order chi connectivity index (χ0) is 18.9. The second-order valence-corrected chi connectivity index (χ2v) is 8.36. The predicted octanol–water partition coefficient (Wildman–Crippen LogP) is 2.02. The predicted molar refractivity (Wildman–Crippen MR) is 98.4 cm³/mol. The van der Waals surface area contributed by atoms with Gasteiger partial charge in [-0.05, 0) is 31.5 Å². The molecule has 0 spiro atoms. The molecule has 0 aromatic heterocycles. The van der Waals surface area contributed by atoms with Gasteiger partial charge in [-0.1, -0.05) is 41.5 Å². The molecular weight excluding hydrogens is 352 g/mol. The normalized spacial score (nSPS) is 14.0. The second-order valence-electron chi connectivity index (χ2n) is 6.44. The van der Waals surface area contributed by atoms with Crippen LogP contribution in [0.15, 0.2) is 42.5 Å². The second kappa shape index (κ2) is 7.01. The van der Waals surface area contributed by atoms with E-state index >= 15 is 0 Å². The van der Waals surface area contributed by atoms with Gasteiger partial charge in [0.2, 0.25) is 10.0 Å². The third-order valence-corrected chi connectivity index (χ3v) is 5.63. The molecule has 1 aliphatic rings. The highest BCUT2D eigenvalue weighted by molar-refractivity contribution is 7.89.